The third kappa shape index (κ3) is 22.0. The molecule has 0 saturated carbocycles. The lowest BCUT2D eigenvalue weighted by Crippen LogP contribution is -2.59. The van der Waals surface area contributed by atoms with Crippen molar-refractivity contribution in [2.45, 2.75) is 39.5 Å². The number of ether oxygens (including phenoxy) is 10. The molecule has 0 radical (unpaired) electrons. The van der Waals surface area contributed by atoms with Crippen molar-refractivity contribution in [2.24, 2.45) is 16.1 Å². The molecule has 4 aliphatic heterocycles. The summed E-state index contributed by atoms with van der Waals surface area (Å²) in [5.74, 6) is -1.62. The van der Waals surface area contributed by atoms with Crippen LogP contribution in [-0.2, 0) is 76.2 Å². The van der Waals surface area contributed by atoms with Crippen LogP contribution in [0.1, 0.15) is 55.6 Å². The van der Waals surface area contributed by atoms with Crippen molar-refractivity contribution in [3.8, 4) is 0 Å². The highest BCUT2D eigenvalue weighted by Crippen LogP contribution is 2.40. The molecule has 0 aliphatic carbocycles. The number of hydroxylamine groups is 2. The number of pyridine rings is 1. The fourth-order valence-corrected chi connectivity index (χ4v) is 8.21. The maximum absolute atomic E-state index is 13.5. The van der Waals surface area contributed by atoms with Crippen LogP contribution in [0, 0.1) is 5.41 Å². The van der Waals surface area contributed by atoms with Gasteiger partial charge in [-0.3, -0.25) is 43.5 Å². The van der Waals surface area contributed by atoms with Crippen molar-refractivity contribution in [3.63, 3.8) is 0 Å². The van der Waals surface area contributed by atoms with E-state index in [9.17, 15) is 28.8 Å². The summed E-state index contributed by atoms with van der Waals surface area (Å²) < 4.78 is 55.1. The van der Waals surface area contributed by atoms with Crippen LogP contribution < -0.4 is 11.1 Å². The number of fused-ring (bicyclic) bond motifs is 1. The second-order valence-corrected chi connectivity index (χ2v) is 17.9. The van der Waals surface area contributed by atoms with Gasteiger partial charge in [0.15, 0.2) is 0 Å². The van der Waals surface area contributed by atoms with E-state index in [1.54, 1.807) is 17.0 Å². The number of aliphatic imine (C=N–C) groups is 1. The summed E-state index contributed by atoms with van der Waals surface area (Å²) >= 11 is 0. The molecule has 4 aliphatic rings. The highest BCUT2D eigenvalue weighted by molar-refractivity contribution is 6.14. The van der Waals surface area contributed by atoms with E-state index in [0.717, 1.165) is 29.9 Å². The number of hydrogen-bond acceptors (Lipinski definition) is 20. The Morgan fingerprint density at radius 3 is 1.67 bits per heavy atom. The molecule has 0 atom stereocenters. The summed E-state index contributed by atoms with van der Waals surface area (Å²) in [6.45, 7) is 15.0. The van der Waals surface area contributed by atoms with Gasteiger partial charge in [0.05, 0.1) is 162 Å². The van der Waals surface area contributed by atoms with Crippen LogP contribution in [0.4, 0.5) is 5.69 Å². The molecule has 424 valence electrons. The first kappa shape index (κ1) is 61.5. The van der Waals surface area contributed by atoms with E-state index in [4.69, 9.17) is 57.9 Å². The first-order chi connectivity index (χ1) is 37.0. The SMILES string of the molecule is CCCN(OCC)C(=O)C1=Cc2ncc(C(=O)N3CC4(CCN(C(=O)CCOCCOCCOCCOCCOCCOCCOCCOCCOCCOCCNC(=O)CN5C(=O)C=CC5=O)C4)C3)cc2N=C(N)C1. The summed E-state index contributed by atoms with van der Waals surface area (Å²) in [5, 5.41) is 3.93. The predicted molar refractivity (Wildman–Crippen MR) is 273 cm³/mol. The van der Waals surface area contributed by atoms with Gasteiger partial charge in [0.2, 0.25) is 11.8 Å². The van der Waals surface area contributed by atoms with Crippen LogP contribution in [0.5, 0.6) is 0 Å². The number of likely N-dealkylation sites (tertiary alicyclic amines) is 2. The molecular weight excluding hydrogens is 997 g/mol. The molecular formula is C51H78N8O17. The quantitative estimate of drug-likeness (QED) is 0.0507. The van der Waals surface area contributed by atoms with Gasteiger partial charge in [0, 0.05) is 75.0 Å². The van der Waals surface area contributed by atoms with Gasteiger partial charge in [-0.2, -0.15) is 0 Å². The number of amidine groups is 1. The number of nitrogens with two attached hydrogens (primary N) is 1. The smallest absolute Gasteiger partial charge is 0.273 e. The maximum Gasteiger partial charge on any atom is 0.273 e. The molecule has 5 heterocycles. The normalized spacial score (nSPS) is 15.7. The largest absolute Gasteiger partial charge is 0.387 e. The van der Waals surface area contributed by atoms with E-state index < -0.39 is 17.7 Å². The molecule has 25 heteroatoms. The minimum absolute atomic E-state index is 0.0311. The predicted octanol–water partition coefficient (Wildman–Crippen LogP) is 0.319. The molecule has 0 bridgehead atoms. The summed E-state index contributed by atoms with van der Waals surface area (Å²) in [6.07, 6.45) is 7.39. The number of carbonyl (C=O) groups excluding carboxylic acids is 6. The molecule has 1 aromatic rings. The van der Waals surface area contributed by atoms with Crippen molar-refractivity contribution in [1.29, 1.82) is 0 Å². The van der Waals surface area contributed by atoms with Crippen LogP contribution in [0.3, 0.4) is 0 Å². The van der Waals surface area contributed by atoms with E-state index in [-0.39, 0.29) is 61.5 Å². The third-order valence-corrected chi connectivity index (χ3v) is 12.0. The summed E-state index contributed by atoms with van der Waals surface area (Å²) in [5.41, 5.74) is 7.75. The topological polar surface area (TPSA) is 280 Å². The minimum atomic E-state index is -0.500. The molecule has 25 nitrogen and oxygen atoms in total. The van der Waals surface area contributed by atoms with Crippen molar-refractivity contribution in [3.05, 3.63) is 41.2 Å². The van der Waals surface area contributed by atoms with Gasteiger partial charge in [0.1, 0.15) is 12.4 Å². The summed E-state index contributed by atoms with van der Waals surface area (Å²) in [4.78, 5) is 93.4. The Kier molecular flexibility index (Phi) is 28.5. The van der Waals surface area contributed by atoms with Gasteiger partial charge < -0.3 is 68.2 Å². The van der Waals surface area contributed by atoms with Crippen molar-refractivity contribution in [2.75, 3.05) is 185 Å². The molecule has 0 unspecified atom stereocenters. The Balaban J connectivity index is 0.735. The lowest BCUT2D eigenvalue weighted by Gasteiger charge is -2.48. The number of amides is 6. The minimum Gasteiger partial charge on any atom is -0.387 e. The number of aromatic nitrogens is 1. The van der Waals surface area contributed by atoms with Gasteiger partial charge in [-0.05, 0) is 31.9 Å². The number of nitrogens with zero attached hydrogens (tertiary/aromatic N) is 6. The van der Waals surface area contributed by atoms with Crippen LogP contribution in [0.25, 0.3) is 6.08 Å². The lowest BCUT2D eigenvalue weighted by molar-refractivity contribution is -0.180. The van der Waals surface area contributed by atoms with Crippen LogP contribution in [-0.4, -0.2) is 251 Å². The second-order valence-electron chi connectivity index (χ2n) is 17.9. The lowest BCUT2D eigenvalue weighted by atomic mass is 9.78. The first-order valence-electron chi connectivity index (χ1n) is 26.2. The van der Waals surface area contributed by atoms with Gasteiger partial charge >= 0.3 is 0 Å². The van der Waals surface area contributed by atoms with Crippen molar-refractivity contribution < 1.29 is 81.0 Å². The Labute approximate surface area is 444 Å². The molecule has 76 heavy (non-hydrogen) atoms. The number of rotatable bonds is 41. The van der Waals surface area contributed by atoms with E-state index >= 15 is 0 Å². The summed E-state index contributed by atoms with van der Waals surface area (Å²) in [7, 11) is 0. The molecule has 2 saturated heterocycles. The van der Waals surface area contributed by atoms with Crippen LogP contribution in [0.15, 0.2) is 35.0 Å². The second kappa shape index (κ2) is 35.2. The molecule has 5 rings (SSSR count). The zero-order valence-electron chi connectivity index (χ0n) is 44.2. The highest BCUT2D eigenvalue weighted by Gasteiger charge is 2.50. The zero-order chi connectivity index (χ0) is 54.2. The monoisotopic (exact) mass is 1070 g/mol. The third-order valence-electron chi connectivity index (χ3n) is 12.0. The fourth-order valence-electron chi connectivity index (χ4n) is 8.21. The van der Waals surface area contributed by atoms with E-state index in [1.165, 1.54) is 11.3 Å². The highest BCUT2D eigenvalue weighted by atomic mass is 16.7. The Morgan fingerprint density at radius 1 is 0.684 bits per heavy atom. The van der Waals surface area contributed by atoms with Gasteiger partial charge in [-0.1, -0.05) is 6.92 Å². The van der Waals surface area contributed by atoms with Crippen molar-refractivity contribution >= 4 is 53.0 Å². The van der Waals surface area contributed by atoms with Crippen LogP contribution in [0.2, 0.25) is 0 Å². The standard InChI is InChI=1S/C51H78N8O17/c1-3-10-59(76-4-2)50(65)40-32-42-43(55-44(52)34-40)33-41(35-54-42)49(64)57-38-51(39-57)8-11-56(37-51)46(61)7-12-66-14-16-68-18-20-70-22-24-72-26-28-74-30-31-75-29-27-73-25-23-71-21-19-69-17-15-67-13-9-53-45(60)36-58-47(62)5-6-48(58)63/h5-6,32-33,35H,3-4,7-31,34,36-39H2,1-2H3,(H2,52,55)(H,53,60). The van der Waals surface area contributed by atoms with Gasteiger partial charge in [-0.25, -0.2) is 10.1 Å². The number of hydrogen-bond donors (Lipinski definition) is 2. The van der Waals surface area contributed by atoms with E-state index in [0.29, 0.717) is 187 Å². The molecule has 1 aromatic heterocycles. The molecule has 0 aromatic carbocycles. The average Bonchev–Trinajstić information content (AvgIpc) is 3.94. The Bertz CT molecular complexity index is 2060. The number of carbonyl (C=O) groups is 6. The Hall–Kier alpha value is -5.32. The van der Waals surface area contributed by atoms with E-state index in [1.807, 2.05) is 18.7 Å². The fraction of sp³-hybridized carbons (Fsp3) is 0.686. The molecule has 1 spiro atoms. The first-order valence-corrected chi connectivity index (χ1v) is 26.2. The van der Waals surface area contributed by atoms with Gasteiger partial charge in [0.25, 0.3) is 23.6 Å². The Morgan fingerprint density at radius 2 is 1.17 bits per heavy atom. The number of nitrogens with one attached hydrogen (secondary N) is 1. The number of imide groups is 1. The van der Waals surface area contributed by atoms with Gasteiger partial charge in [-0.15, -0.1) is 0 Å². The van der Waals surface area contributed by atoms with Crippen LogP contribution >= 0.6 is 0 Å². The molecule has 3 N–H and O–H groups in total. The zero-order valence-corrected chi connectivity index (χ0v) is 44.2. The summed E-state index contributed by atoms with van der Waals surface area (Å²) in [6, 6.07) is 1.66. The molecule has 6 amide bonds. The molecule has 2 fully saturated rings. The van der Waals surface area contributed by atoms with Crippen molar-refractivity contribution in [1.82, 2.24) is 30.1 Å². The maximum atomic E-state index is 13.5. The van der Waals surface area contributed by atoms with E-state index in [2.05, 4.69) is 15.3 Å². The average molecular weight is 1080 g/mol.